The van der Waals surface area contributed by atoms with E-state index in [9.17, 15) is 9.59 Å². The van der Waals surface area contributed by atoms with E-state index in [2.05, 4.69) is 18.5 Å². The van der Waals surface area contributed by atoms with E-state index in [-0.39, 0.29) is 13.1 Å². The maximum Gasteiger partial charge on any atom is 0.323 e. The molecule has 14 heavy (non-hydrogen) atoms. The highest BCUT2D eigenvalue weighted by molar-refractivity contribution is 5.80. The van der Waals surface area contributed by atoms with Crippen molar-refractivity contribution in [1.82, 2.24) is 10.2 Å². The Labute approximate surface area is 82.7 Å². The maximum atomic E-state index is 11.3. The Bertz CT molecular complexity index is 238. The van der Waals surface area contributed by atoms with E-state index >= 15 is 0 Å². The van der Waals surface area contributed by atoms with Crippen LogP contribution in [0.5, 0.6) is 0 Å². The van der Waals surface area contributed by atoms with E-state index in [1.165, 1.54) is 12.2 Å². The normalized spacial score (nSPS) is 8.86. The first-order valence-electron chi connectivity index (χ1n) is 4.08. The molecule has 0 aliphatic rings. The lowest BCUT2D eigenvalue weighted by Gasteiger charge is -2.18. The molecular formula is C9H14N2O3. The smallest absolute Gasteiger partial charge is 0.323 e. The van der Waals surface area contributed by atoms with Gasteiger partial charge < -0.3 is 15.3 Å². The standard InChI is InChI=1S/C9H14N2O3/c1-3-5-10-9(14)11(6-4-2)7-8(12)13/h3-4H,1-2,5-7H2,(H,10,14)(H,12,13). The summed E-state index contributed by atoms with van der Waals surface area (Å²) in [7, 11) is 0. The minimum atomic E-state index is -1.05. The van der Waals surface area contributed by atoms with Crippen molar-refractivity contribution in [2.75, 3.05) is 19.6 Å². The van der Waals surface area contributed by atoms with Gasteiger partial charge >= 0.3 is 12.0 Å². The van der Waals surface area contributed by atoms with Gasteiger partial charge in [0, 0.05) is 13.1 Å². The molecule has 78 valence electrons. The number of carbonyl (C=O) groups excluding carboxylic acids is 1. The number of carbonyl (C=O) groups is 2. The van der Waals surface area contributed by atoms with E-state index in [4.69, 9.17) is 5.11 Å². The number of urea groups is 1. The van der Waals surface area contributed by atoms with Crippen molar-refractivity contribution < 1.29 is 14.7 Å². The minimum absolute atomic E-state index is 0.204. The van der Waals surface area contributed by atoms with Crippen LogP contribution in [-0.4, -0.2) is 41.6 Å². The van der Waals surface area contributed by atoms with Crippen molar-refractivity contribution in [1.29, 1.82) is 0 Å². The number of amides is 2. The van der Waals surface area contributed by atoms with Crippen molar-refractivity contribution in [3.63, 3.8) is 0 Å². The summed E-state index contributed by atoms with van der Waals surface area (Å²) < 4.78 is 0. The average Bonchev–Trinajstić information content (AvgIpc) is 2.13. The zero-order valence-electron chi connectivity index (χ0n) is 7.90. The lowest BCUT2D eigenvalue weighted by atomic mass is 10.4. The molecule has 0 aromatic carbocycles. The number of aliphatic carboxylic acids is 1. The molecule has 2 amide bonds. The van der Waals surface area contributed by atoms with Crippen molar-refractivity contribution >= 4 is 12.0 Å². The number of nitrogens with zero attached hydrogens (tertiary/aromatic N) is 1. The Morgan fingerprint density at radius 3 is 2.43 bits per heavy atom. The fraction of sp³-hybridized carbons (Fsp3) is 0.333. The van der Waals surface area contributed by atoms with E-state index in [1.807, 2.05) is 0 Å². The number of carboxylic acids is 1. The fourth-order valence-corrected chi connectivity index (χ4v) is 0.810. The number of carboxylic acid groups (broad SMARTS) is 1. The third-order valence-electron chi connectivity index (χ3n) is 1.36. The molecule has 0 aliphatic carbocycles. The second-order valence-corrected chi connectivity index (χ2v) is 2.54. The summed E-state index contributed by atoms with van der Waals surface area (Å²) in [6.07, 6.45) is 2.99. The Balaban J connectivity index is 4.16. The van der Waals surface area contributed by atoms with Crippen LogP contribution in [0.15, 0.2) is 25.3 Å². The van der Waals surface area contributed by atoms with Gasteiger partial charge in [0.05, 0.1) is 0 Å². The van der Waals surface area contributed by atoms with E-state index < -0.39 is 12.0 Å². The lowest BCUT2D eigenvalue weighted by Crippen LogP contribution is -2.42. The minimum Gasteiger partial charge on any atom is -0.480 e. The summed E-state index contributed by atoms with van der Waals surface area (Å²) in [5, 5.41) is 11.0. The van der Waals surface area contributed by atoms with Gasteiger partial charge in [-0.15, -0.1) is 13.2 Å². The van der Waals surface area contributed by atoms with Crippen LogP contribution in [0.25, 0.3) is 0 Å². The number of hydrogen-bond acceptors (Lipinski definition) is 2. The van der Waals surface area contributed by atoms with Crippen molar-refractivity contribution in [2.45, 2.75) is 0 Å². The van der Waals surface area contributed by atoms with Gasteiger partial charge in [-0.1, -0.05) is 12.2 Å². The van der Waals surface area contributed by atoms with Crippen molar-refractivity contribution in [2.24, 2.45) is 0 Å². The maximum absolute atomic E-state index is 11.3. The Kier molecular flexibility index (Phi) is 5.85. The molecule has 0 rings (SSSR count). The highest BCUT2D eigenvalue weighted by Crippen LogP contribution is 1.90. The Morgan fingerprint density at radius 1 is 1.36 bits per heavy atom. The number of nitrogens with one attached hydrogen (secondary N) is 1. The first kappa shape index (κ1) is 12.2. The predicted molar refractivity (Wildman–Crippen MR) is 53.0 cm³/mol. The molecule has 0 bridgehead atoms. The molecule has 0 spiro atoms. The van der Waals surface area contributed by atoms with E-state index in [0.29, 0.717) is 6.54 Å². The topological polar surface area (TPSA) is 69.6 Å². The van der Waals surface area contributed by atoms with Crippen LogP contribution in [0.1, 0.15) is 0 Å². The number of hydrogen-bond donors (Lipinski definition) is 2. The third-order valence-corrected chi connectivity index (χ3v) is 1.36. The van der Waals surface area contributed by atoms with Gasteiger partial charge in [-0.25, -0.2) is 4.79 Å². The van der Waals surface area contributed by atoms with Crippen LogP contribution in [0.4, 0.5) is 4.79 Å². The summed E-state index contributed by atoms with van der Waals surface area (Å²) in [5.74, 6) is -1.05. The third kappa shape index (κ3) is 4.97. The second-order valence-electron chi connectivity index (χ2n) is 2.54. The quantitative estimate of drug-likeness (QED) is 0.609. The zero-order valence-corrected chi connectivity index (χ0v) is 7.90. The van der Waals surface area contributed by atoms with Crippen LogP contribution in [0.3, 0.4) is 0 Å². The van der Waals surface area contributed by atoms with Gasteiger partial charge in [0.25, 0.3) is 0 Å². The van der Waals surface area contributed by atoms with E-state index in [1.54, 1.807) is 0 Å². The summed E-state index contributed by atoms with van der Waals surface area (Å²) in [6, 6.07) is -0.438. The lowest BCUT2D eigenvalue weighted by molar-refractivity contribution is -0.137. The molecular weight excluding hydrogens is 184 g/mol. The SMILES string of the molecule is C=CCNC(=O)N(CC=C)CC(=O)O. The molecule has 0 fully saturated rings. The molecule has 0 atom stereocenters. The van der Waals surface area contributed by atoms with Gasteiger partial charge in [0.15, 0.2) is 0 Å². The van der Waals surface area contributed by atoms with Gasteiger partial charge in [0.2, 0.25) is 0 Å². The van der Waals surface area contributed by atoms with Crippen molar-refractivity contribution in [3.8, 4) is 0 Å². The molecule has 0 saturated heterocycles. The van der Waals surface area contributed by atoms with Gasteiger partial charge in [-0.05, 0) is 0 Å². The molecule has 0 unspecified atom stereocenters. The first-order chi connectivity index (χ1) is 6.61. The van der Waals surface area contributed by atoms with Gasteiger partial charge in [-0.3, -0.25) is 4.79 Å². The molecule has 5 nitrogen and oxygen atoms in total. The summed E-state index contributed by atoms with van der Waals surface area (Å²) in [5.41, 5.74) is 0. The van der Waals surface area contributed by atoms with E-state index in [0.717, 1.165) is 4.90 Å². The van der Waals surface area contributed by atoms with Crippen LogP contribution < -0.4 is 5.32 Å². The highest BCUT2D eigenvalue weighted by Gasteiger charge is 2.13. The second kappa shape index (κ2) is 6.71. The first-order valence-corrected chi connectivity index (χ1v) is 4.08. The molecule has 5 heteroatoms. The van der Waals surface area contributed by atoms with Gasteiger partial charge in [-0.2, -0.15) is 0 Å². The Morgan fingerprint density at radius 2 is 2.00 bits per heavy atom. The highest BCUT2D eigenvalue weighted by atomic mass is 16.4. The van der Waals surface area contributed by atoms with Crippen LogP contribution in [-0.2, 0) is 4.79 Å². The Hall–Kier alpha value is -1.78. The molecule has 0 radical (unpaired) electrons. The number of rotatable bonds is 6. The molecule has 0 saturated carbocycles. The summed E-state index contributed by atoms with van der Waals surface area (Å²) in [6.45, 7) is 7.04. The average molecular weight is 198 g/mol. The summed E-state index contributed by atoms with van der Waals surface area (Å²) >= 11 is 0. The fourth-order valence-electron chi connectivity index (χ4n) is 0.810. The monoisotopic (exact) mass is 198 g/mol. The van der Waals surface area contributed by atoms with Crippen LogP contribution >= 0.6 is 0 Å². The molecule has 0 aromatic heterocycles. The molecule has 2 N–H and O–H groups in total. The molecule has 0 heterocycles. The molecule has 0 aromatic rings. The van der Waals surface area contributed by atoms with Gasteiger partial charge in [0.1, 0.15) is 6.54 Å². The van der Waals surface area contributed by atoms with Crippen LogP contribution in [0.2, 0.25) is 0 Å². The molecule has 0 aliphatic heterocycles. The predicted octanol–water partition coefficient (Wildman–Crippen LogP) is 0.455. The zero-order chi connectivity index (χ0) is 11.0. The van der Waals surface area contributed by atoms with Crippen LogP contribution in [0, 0.1) is 0 Å². The summed E-state index contributed by atoms with van der Waals surface area (Å²) in [4.78, 5) is 22.8. The largest absolute Gasteiger partial charge is 0.480 e. The van der Waals surface area contributed by atoms with Crippen molar-refractivity contribution in [3.05, 3.63) is 25.3 Å².